The summed E-state index contributed by atoms with van der Waals surface area (Å²) in [6.07, 6.45) is 0. The van der Waals surface area contributed by atoms with Crippen molar-refractivity contribution in [3.63, 3.8) is 0 Å². The molecule has 16 heavy (non-hydrogen) atoms. The van der Waals surface area contributed by atoms with E-state index in [9.17, 15) is 5.11 Å². The Labute approximate surface area is 97.4 Å². The largest absolute Gasteiger partial charge is 0.507 e. The van der Waals surface area contributed by atoms with Gasteiger partial charge in [-0.15, -0.1) is 0 Å². The molecule has 0 amide bonds. The van der Waals surface area contributed by atoms with Crippen LogP contribution in [-0.2, 0) is 0 Å². The molecule has 0 radical (unpaired) electrons. The lowest BCUT2D eigenvalue weighted by atomic mass is 9.92. The molecule has 0 bridgehead atoms. The maximum Gasteiger partial charge on any atom is 0.131 e. The first-order valence-electron chi connectivity index (χ1n) is 5.19. The number of phenolic OH excluding ortho intramolecular Hbond substituents is 1. The summed E-state index contributed by atoms with van der Waals surface area (Å²) in [5.74, 6) is 0.250. The van der Waals surface area contributed by atoms with Crippen LogP contribution in [0.2, 0.25) is 0 Å². The lowest BCUT2D eigenvalue weighted by Crippen LogP contribution is -1.93. The van der Waals surface area contributed by atoms with Crippen molar-refractivity contribution < 1.29 is 5.11 Å². The fourth-order valence-corrected chi connectivity index (χ4v) is 1.72. The number of hydrogen-bond donors (Lipinski definition) is 1. The minimum Gasteiger partial charge on any atom is -0.507 e. The molecule has 0 fully saturated rings. The van der Waals surface area contributed by atoms with E-state index in [1.165, 1.54) is 0 Å². The van der Waals surface area contributed by atoms with Crippen molar-refractivity contribution in [2.75, 3.05) is 0 Å². The zero-order chi connectivity index (χ0) is 12.5. The van der Waals surface area contributed by atoms with Crippen LogP contribution >= 0.6 is 0 Å². The van der Waals surface area contributed by atoms with E-state index in [1.807, 2.05) is 32.9 Å². The highest BCUT2D eigenvalue weighted by atomic mass is 16.3. The average molecular weight is 214 g/mol. The summed E-state index contributed by atoms with van der Waals surface area (Å²) in [7, 11) is 0. The van der Waals surface area contributed by atoms with Crippen LogP contribution in [-0.4, -0.2) is 5.11 Å². The van der Waals surface area contributed by atoms with E-state index in [0.717, 1.165) is 33.4 Å². The average Bonchev–Trinajstić information content (AvgIpc) is 2.15. The molecule has 84 valence electrons. The van der Waals surface area contributed by atoms with Crippen LogP contribution in [0.25, 0.3) is 16.7 Å². The molecule has 0 aliphatic rings. The summed E-state index contributed by atoms with van der Waals surface area (Å²) >= 11 is 0. The van der Waals surface area contributed by atoms with Gasteiger partial charge in [0, 0.05) is 11.1 Å². The van der Waals surface area contributed by atoms with E-state index in [0.29, 0.717) is 0 Å². The predicted octanol–water partition coefficient (Wildman–Crippen LogP) is 4.49. The molecule has 0 aromatic heterocycles. The third-order valence-electron chi connectivity index (χ3n) is 2.52. The summed E-state index contributed by atoms with van der Waals surface area (Å²) in [6.45, 7) is 17.3. The number of aromatic hydroxyl groups is 1. The molecule has 0 saturated carbocycles. The molecule has 0 atom stereocenters. The number of phenols is 1. The topological polar surface area (TPSA) is 20.2 Å². The SMILES string of the molecule is C=C(C)c1ccc(C(=C)C)c(C(=C)C)c1O. The lowest BCUT2D eigenvalue weighted by molar-refractivity contribution is 0.471. The van der Waals surface area contributed by atoms with Gasteiger partial charge in [-0.1, -0.05) is 37.4 Å². The van der Waals surface area contributed by atoms with Crippen molar-refractivity contribution in [1.82, 2.24) is 0 Å². The van der Waals surface area contributed by atoms with Crippen molar-refractivity contribution in [2.24, 2.45) is 0 Å². The van der Waals surface area contributed by atoms with E-state index in [1.54, 1.807) is 0 Å². The van der Waals surface area contributed by atoms with Crippen LogP contribution in [0.15, 0.2) is 31.9 Å². The fraction of sp³-hybridized carbons (Fsp3) is 0.200. The van der Waals surface area contributed by atoms with Gasteiger partial charge in [0.05, 0.1) is 0 Å². The first kappa shape index (κ1) is 12.3. The van der Waals surface area contributed by atoms with Gasteiger partial charge >= 0.3 is 0 Å². The lowest BCUT2D eigenvalue weighted by Gasteiger charge is -2.15. The Morgan fingerprint density at radius 1 is 0.875 bits per heavy atom. The van der Waals surface area contributed by atoms with Crippen molar-refractivity contribution >= 4 is 16.7 Å². The Morgan fingerprint density at radius 3 is 1.69 bits per heavy atom. The van der Waals surface area contributed by atoms with Gasteiger partial charge in [0.25, 0.3) is 0 Å². The summed E-state index contributed by atoms with van der Waals surface area (Å²) in [5.41, 5.74) is 5.07. The van der Waals surface area contributed by atoms with Crippen LogP contribution in [0.3, 0.4) is 0 Å². The first-order chi connectivity index (χ1) is 7.36. The van der Waals surface area contributed by atoms with Crippen molar-refractivity contribution in [3.8, 4) is 5.75 Å². The highest BCUT2D eigenvalue weighted by molar-refractivity contribution is 5.84. The zero-order valence-electron chi connectivity index (χ0n) is 10.2. The molecule has 1 rings (SSSR count). The Balaban J connectivity index is 3.60. The highest BCUT2D eigenvalue weighted by Crippen LogP contribution is 2.36. The van der Waals surface area contributed by atoms with Gasteiger partial charge in [0.15, 0.2) is 0 Å². The van der Waals surface area contributed by atoms with E-state index in [2.05, 4.69) is 19.7 Å². The second-order valence-electron chi connectivity index (χ2n) is 4.23. The molecular formula is C15H18O. The highest BCUT2D eigenvalue weighted by Gasteiger charge is 2.13. The molecule has 1 aromatic rings. The number of rotatable bonds is 3. The molecule has 1 nitrogen and oxygen atoms in total. The number of allylic oxidation sites excluding steroid dienone is 3. The predicted molar refractivity (Wildman–Crippen MR) is 72.2 cm³/mol. The third-order valence-corrected chi connectivity index (χ3v) is 2.52. The second-order valence-corrected chi connectivity index (χ2v) is 4.23. The summed E-state index contributed by atoms with van der Waals surface area (Å²) in [5, 5.41) is 10.2. The Morgan fingerprint density at radius 2 is 1.31 bits per heavy atom. The molecule has 1 aromatic carbocycles. The smallest absolute Gasteiger partial charge is 0.131 e. The summed E-state index contributed by atoms with van der Waals surface area (Å²) in [6, 6.07) is 3.82. The molecule has 0 heterocycles. The maximum atomic E-state index is 10.2. The molecule has 0 aliphatic carbocycles. The second kappa shape index (κ2) is 4.40. The third kappa shape index (κ3) is 2.08. The number of benzene rings is 1. The Kier molecular flexibility index (Phi) is 3.38. The van der Waals surface area contributed by atoms with Crippen LogP contribution in [0.4, 0.5) is 0 Å². The van der Waals surface area contributed by atoms with Gasteiger partial charge in [0.1, 0.15) is 5.75 Å². The summed E-state index contributed by atoms with van der Waals surface area (Å²) in [4.78, 5) is 0. The molecular weight excluding hydrogens is 196 g/mol. The first-order valence-corrected chi connectivity index (χ1v) is 5.19. The molecule has 0 saturated heterocycles. The van der Waals surface area contributed by atoms with Gasteiger partial charge in [-0.2, -0.15) is 0 Å². The molecule has 0 unspecified atom stereocenters. The van der Waals surface area contributed by atoms with Gasteiger partial charge in [-0.3, -0.25) is 0 Å². The monoisotopic (exact) mass is 214 g/mol. The van der Waals surface area contributed by atoms with E-state index in [4.69, 9.17) is 0 Å². The van der Waals surface area contributed by atoms with Crippen molar-refractivity contribution in [2.45, 2.75) is 20.8 Å². The Bertz CT molecular complexity index is 478. The molecule has 0 spiro atoms. The van der Waals surface area contributed by atoms with Gasteiger partial charge in [-0.05, 0) is 37.5 Å². The van der Waals surface area contributed by atoms with Crippen LogP contribution in [0.1, 0.15) is 37.5 Å². The molecule has 1 heteroatoms. The fourth-order valence-electron chi connectivity index (χ4n) is 1.72. The molecule has 1 N–H and O–H groups in total. The number of hydrogen-bond acceptors (Lipinski definition) is 1. The normalized spacial score (nSPS) is 9.94. The molecule has 0 aliphatic heterocycles. The Hall–Kier alpha value is -1.76. The maximum absolute atomic E-state index is 10.2. The standard InChI is InChI=1S/C15H18O/c1-9(2)12-7-8-13(10(3)4)15(16)14(12)11(5)6/h7-8,16H,1,3,5H2,2,4,6H3. The van der Waals surface area contributed by atoms with Crippen molar-refractivity contribution in [3.05, 3.63) is 48.6 Å². The van der Waals surface area contributed by atoms with Crippen LogP contribution < -0.4 is 0 Å². The minimum atomic E-state index is 0.250. The van der Waals surface area contributed by atoms with Gasteiger partial charge in [0.2, 0.25) is 0 Å². The quantitative estimate of drug-likeness (QED) is 0.785. The zero-order valence-corrected chi connectivity index (χ0v) is 10.2. The van der Waals surface area contributed by atoms with E-state index in [-0.39, 0.29) is 5.75 Å². The van der Waals surface area contributed by atoms with E-state index < -0.39 is 0 Å². The van der Waals surface area contributed by atoms with Crippen LogP contribution in [0, 0.1) is 0 Å². The van der Waals surface area contributed by atoms with Crippen LogP contribution in [0.5, 0.6) is 5.75 Å². The van der Waals surface area contributed by atoms with Gasteiger partial charge in [-0.25, -0.2) is 0 Å². The van der Waals surface area contributed by atoms with Gasteiger partial charge < -0.3 is 5.11 Å². The van der Waals surface area contributed by atoms with Crippen molar-refractivity contribution in [1.29, 1.82) is 0 Å². The minimum absolute atomic E-state index is 0.250. The van der Waals surface area contributed by atoms with E-state index >= 15 is 0 Å². The summed E-state index contributed by atoms with van der Waals surface area (Å²) < 4.78 is 0.